The van der Waals surface area contributed by atoms with Crippen molar-refractivity contribution in [3.63, 3.8) is 0 Å². The Bertz CT molecular complexity index is 763. The molecule has 26 heavy (non-hydrogen) atoms. The molecule has 1 aromatic carbocycles. The molecule has 2 amide bonds. The van der Waals surface area contributed by atoms with Gasteiger partial charge in [0.25, 0.3) is 11.8 Å². The largest absolute Gasteiger partial charge is 0.459 e. The molecule has 1 aliphatic heterocycles. The minimum atomic E-state index is -0.601. The van der Waals surface area contributed by atoms with Gasteiger partial charge in [0.15, 0.2) is 12.4 Å². The molecule has 8 heteroatoms. The highest BCUT2D eigenvalue weighted by atomic mass is 16.5. The van der Waals surface area contributed by atoms with Crippen LogP contribution in [0.1, 0.15) is 20.9 Å². The lowest BCUT2D eigenvalue weighted by Gasteiger charge is -2.26. The average Bonchev–Trinajstić information content (AvgIpc) is 3.22. The third kappa shape index (κ3) is 4.48. The van der Waals surface area contributed by atoms with E-state index in [4.69, 9.17) is 13.9 Å². The highest BCUT2D eigenvalue weighted by molar-refractivity contribution is 6.02. The van der Waals surface area contributed by atoms with E-state index in [1.54, 1.807) is 29.2 Å². The van der Waals surface area contributed by atoms with Crippen LogP contribution in [0.15, 0.2) is 47.1 Å². The first-order valence-corrected chi connectivity index (χ1v) is 8.11. The second-order valence-electron chi connectivity index (χ2n) is 5.58. The van der Waals surface area contributed by atoms with Gasteiger partial charge in [0.1, 0.15) is 0 Å². The molecule has 8 nitrogen and oxygen atoms in total. The Hall–Kier alpha value is -3.13. The monoisotopic (exact) mass is 358 g/mol. The van der Waals surface area contributed by atoms with Gasteiger partial charge in [0.05, 0.1) is 25.0 Å². The van der Waals surface area contributed by atoms with Gasteiger partial charge in [-0.1, -0.05) is 0 Å². The third-order valence-corrected chi connectivity index (χ3v) is 3.81. The molecule has 1 N–H and O–H groups in total. The van der Waals surface area contributed by atoms with E-state index in [0.717, 1.165) is 0 Å². The van der Waals surface area contributed by atoms with E-state index in [9.17, 15) is 14.4 Å². The number of furan rings is 1. The number of benzene rings is 1. The quantitative estimate of drug-likeness (QED) is 0.815. The molecular formula is C18H18N2O6. The summed E-state index contributed by atoms with van der Waals surface area (Å²) in [5, 5.41) is 2.65. The molecule has 2 aromatic rings. The smallest absolute Gasteiger partial charge is 0.338 e. The first-order valence-electron chi connectivity index (χ1n) is 8.11. The predicted molar refractivity (Wildman–Crippen MR) is 90.8 cm³/mol. The van der Waals surface area contributed by atoms with Crippen LogP contribution in [-0.2, 0) is 14.3 Å². The Labute approximate surface area is 149 Å². The summed E-state index contributed by atoms with van der Waals surface area (Å²) in [5.41, 5.74) is 0.795. The zero-order chi connectivity index (χ0) is 18.4. The molecule has 0 saturated carbocycles. The van der Waals surface area contributed by atoms with Crippen molar-refractivity contribution in [3.8, 4) is 0 Å². The molecule has 0 bridgehead atoms. The van der Waals surface area contributed by atoms with Gasteiger partial charge in [-0.15, -0.1) is 0 Å². The summed E-state index contributed by atoms with van der Waals surface area (Å²) in [7, 11) is 0. The number of hydrogen-bond donors (Lipinski definition) is 1. The lowest BCUT2D eigenvalue weighted by atomic mass is 10.2. The van der Waals surface area contributed by atoms with Gasteiger partial charge in [-0.25, -0.2) is 4.79 Å². The molecule has 1 aliphatic rings. The molecule has 0 spiro atoms. The molecule has 0 aliphatic carbocycles. The molecule has 3 rings (SSSR count). The van der Waals surface area contributed by atoms with Crippen molar-refractivity contribution in [1.82, 2.24) is 4.90 Å². The zero-order valence-corrected chi connectivity index (χ0v) is 14.0. The van der Waals surface area contributed by atoms with Gasteiger partial charge in [0.2, 0.25) is 0 Å². The third-order valence-electron chi connectivity index (χ3n) is 3.81. The van der Waals surface area contributed by atoms with Crippen molar-refractivity contribution in [2.45, 2.75) is 0 Å². The lowest BCUT2D eigenvalue weighted by molar-refractivity contribution is -0.138. The Morgan fingerprint density at radius 2 is 1.81 bits per heavy atom. The maximum absolute atomic E-state index is 12.0. The van der Waals surface area contributed by atoms with Gasteiger partial charge in [0, 0.05) is 18.8 Å². The second kappa shape index (κ2) is 8.30. The van der Waals surface area contributed by atoms with Gasteiger partial charge >= 0.3 is 5.97 Å². The summed E-state index contributed by atoms with van der Waals surface area (Å²) < 4.78 is 15.2. The number of hydrogen-bond acceptors (Lipinski definition) is 6. The number of anilines is 1. The average molecular weight is 358 g/mol. The molecule has 136 valence electrons. The Kier molecular flexibility index (Phi) is 5.65. The SMILES string of the molecule is O=C(OCC(=O)N1CCOCC1)c1ccc(NC(=O)c2ccco2)cc1. The van der Waals surface area contributed by atoms with Crippen LogP contribution in [-0.4, -0.2) is 55.6 Å². The standard InChI is InChI=1S/C18H18N2O6/c21-16(20-7-10-24-11-8-20)12-26-18(23)13-3-5-14(6-4-13)19-17(22)15-2-1-9-25-15/h1-6,9H,7-8,10-12H2,(H,19,22). The van der Waals surface area contributed by atoms with Crippen LogP contribution < -0.4 is 5.32 Å². The minimum absolute atomic E-state index is 0.190. The van der Waals surface area contributed by atoms with Gasteiger partial charge in [-0.3, -0.25) is 9.59 Å². The minimum Gasteiger partial charge on any atom is -0.459 e. The Morgan fingerprint density at radius 1 is 1.08 bits per heavy atom. The molecule has 2 heterocycles. The summed E-state index contributed by atoms with van der Waals surface area (Å²) in [6.45, 7) is 1.67. The zero-order valence-electron chi connectivity index (χ0n) is 14.0. The Balaban J connectivity index is 1.50. The van der Waals surface area contributed by atoms with Crippen molar-refractivity contribution < 1.29 is 28.3 Å². The fourth-order valence-electron chi connectivity index (χ4n) is 2.40. The van der Waals surface area contributed by atoms with Gasteiger partial charge in [-0.2, -0.15) is 0 Å². The van der Waals surface area contributed by atoms with Crippen molar-refractivity contribution in [2.24, 2.45) is 0 Å². The maximum Gasteiger partial charge on any atom is 0.338 e. The predicted octanol–water partition coefficient (Wildman–Crippen LogP) is 1.55. The van der Waals surface area contributed by atoms with E-state index >= 15 is 0 Å². The number of morpholine rings is 1. The number of nitrogens with zero attached hydrogens (tertiary/aromatic N) is 1. The van der Waals surface area contributed by atoms with Gasteiger partial charge in [-0.05, 0) is 36.4 Å². The molecule has 0 atom stereocenters. The summed E-state index contributed by atoms with van der Waals surface area (Å²) >= 11 is 0. The van der Waals surface area contributed by atoms with Crippen LogP contribution in [0.2, 0.25) is 0 Å². The summed E-state index contributed by atoms with van der Waals surface area (Å²) in [4.78, 5) is 37.5. The highest BCUT2D eigenvalue weighted by Gasteiger charge is 2.19. The van der Waals surface area contributed by atoms with Crippen molar-refractivity contribution in [3.05, 3.63) is 54.0 Å². The number of nitrogens with one attached hydrogen (secondary N) is 1. The number of rotatable bonds is 5. The van der Waals surface area contributed by atoms with Crippen LogP contribution in [0.25, 0.3) is 0 Å². The van der Waals surface area contributed by atoms with E-state index in [-0.39, 0.29) is 29.7 Å². The topological polar surface area (TPSA) is 98.1 Å². The molecule has 1 saturated heterocycles. The number of ether oxygens (including phenoxy) is 2. The maximum atomic E-state index is 12.0. The summed E-state index contributed by atoms with van der Waals surface area (Å²) in [5.74, 6) is -1.05. The van der Waals surface area contributed by atoms with Crippen molar-refractivity contribution in [2.75, 3.05) is 38.2 Å². The molecule has 0 unspecified atom stereocenters. The van der Waals surface area contributed by atoms with E-state index in [2.05, 4.69) is 5.32 Å². The van der Waals surface area contributed by atoms with Crippen LogP contribution in [0.3, 0.4) is 0 Å². The number of carbonyl (C=O) groups is 3. The highest BCUT2D eigenvalue weighted by Crippen LogP contribution is 2.13. The first-order chi connectivity index (χ1) is 12.6. The normalized spacial score (nSPS) is 13.9. The van der Waals surface area contributed by atoms with Crippen LogP contribution in [0.4, 0.5) is 5.69 Å². The van der Waals surface area contributed by atoms with E-state index in [0.29, 0.717) is 32.0 Å². The lowest BCUT2D eigenvalue weighted by Crippen LogP contribution is -2.42. The molecular weight excluding hydrogens is 340 g/mol. The fraction of sp³-hybridized carbons (Fsp3) is 0.278. The number of amides is 2. The number of esters is 1. The van der Waals surface area contributed by atoms with Gasteiger partial charge < -0.3 is 24.1 Å². The Morgan fingerprint density at radius 3 is 2.46 bits per heavy atom. The van der Waals surface area contributed by atoms with E-state index in [1.807, 2.05) is 0 Å². The number of carbonyl (C=O) groups excluding carboxylic acids is 3. The second-order valence-corrected chi connectivity index (χ2v) is 5.58. The molecule has 1 fully saturated rings. The molecule has 0 radical (unpaired) electrons. The van der Waals surface area contributed by atoms with Crippen LogP contribution in [0.5, 0.6) is 0 Å². The summed E-state index contributed by atoms with van der Waals surface area (Å²) in [6.07, 6.45) is 1.41. The van der Waals surface area contributed by atoms with E-state index < -0.39 is 5.97 Å². The van der Waals surface area contributed by atoms with Crippen molar-refractivity contribution >= 4 is 23.5 Å². The van der Waals surface area contributed by atoms with Crippen LogP contribution in [0, 0.1) is 0 Å². The first kappa shape index (κ1) is 17.7. The molecule has 1 aromatic heterocycles. The summed E-state index contributed by atoms with van der Waals surface area (Å²) in [6, 6.07) is 9.33. The fourth-order valence-corrected chi connectivity index (χ4v) is 2.40. The van der Waals surface area contributed by atoms with Crippen LogP contribution >= 0.6 is 0 Å². The van der Waals surface area contributed by atoms with Crippen molar-refractivity contribution in [1.29, 1.82) is 0 Å². The van der Waals surface area contributed by atoms with E-state index in [1.165, 1.54) is 18.4 Å².